The Bertz CT molecular complexity index is 1630. The number of ether oxygens (including phenoxy) is 2. The molecule has 2 heterocycles. The van der Waals surface area contributed by atoms with Crippen molar-refractivity contribution in [2.24, 2.45) is 0 Å². The van der Waals surface area contributed by atoms with E-state index < -0.39 is 0 Å². The molecule has 0 N–H and O–H groups in total. The van der Waals surface area contributed by atoms with Crippen LogP contribution in [-0.2, 0) is 5.41 Å². The molecule has 0 unspecified atom stereocenters. The largest absolute Gasteiger partial charge is 0.457 e. The van der Waals surface area contributed by atoms with Gasteiger partial charge in [0.1, 0.15) is 23.0 Å². The van der Waals surface area contributed by atoms with E-state index in [1.54, 1.807) is 36.4 Å². The zero-order valence-corrected chi connectivity index (χ0v) is 22.9. The molecule has 0 aliphatic carbocycles. The Morgan fingerprint density at radius 1 is 0.463 bits per heavy atom. The van der Waals surface area contributed by atoms with Gasteiger partial charge in [-0.15, -0.1) is 0 Å². The average Bonchev–Trinajstić information content (AvgIpc) is 3.32. The highest BCUT2D eigenvalue weighted by atomic mass is 16.5. The predicted molar refractivity (Wildman–Crippen MR) is 151 cm³/mol. The molecular formula is C33H26N2O6. The summed E-state index contributed by atoms with van der Waals surface area (Å²) in [5.74, 6) is 0.883. The monoisotopic (exact) mass is 546 g/mol. The van der Waals surface area contributed by atoms with E-state index in [-0.39, 0.29) is 29.0 Å². The molecule has 4 amide bonds. The van der Waals surface area contributed by atoms with Gasteiger partial charge in [0.2, 0.25) is 0 Å². The van der Waals surface area contributed by atoms with E-state index in [4.69, 9.17) is 9.47 Å². The third-order valence-electron chi connectivity index (χ3n) is 7.75. The highest BCUT2D eigenvalue weighted by Gasteiger charge is 2.34. The van der Waals surface area contributed by atoms with Crippen LogP contribution in [-0.4, -0.2) is 47.5 Å². The standard InChI is InChI=1S/C33H26N2O6/c1-33(2,19-5-9-21(10-6-19)40-23-13-15-25-27(17-23)31(38)34(3)29(25)36)20-7-11-22(12-8-20)41-24-14-16-26-28(18-24)32(39)35(4)30(26)37/h5-18H,1-4H3. The summed E-state index contributed by atoms with van der Waals surface area (Å²) >= 11 is 0. The molecule has 8 nitrogen and oxygen atoms in total. The van der Waals surface area contributed by atoms with Crippen LogP contribution in [0.25, 0.3) is 0 Å². The number of carbonyl (C=O) groups is 4. The summed E-state index contributed by atoms with van der Waals surface area (Å²) in [6, 6.07) is 25.3. The van der Waals surface area contributed by atoms with E-state index in [1.165, 1.54) is 14.1 Å². The number of amides is 4. The number of imide groups is 2. The lowest BCUT2D eigenvalue weighted by Gasteiger charge is -2.26. The molecule has 0 saturated heterocycles. The summed E-state index contributed by atoms with van der Waals surface area (Å²) in [6.07, 6.45) is 0. The predicted octanol–water partition coefficient (Wildman–Crippen LogP) is 6.05. The van der Waals surface area contributed by atoms with Crippen molar-refractivity contribution >= 4 is 23.6 Å². The fourth-order valence-electron chi connectivity index (χ4n) is 5.13. The molecule has 0 fully saturated rings. The molecule has 2 aliphatic heterocycles. The minimum Gasteiger partial charge on any atom is -0.457 e. The van der Waals surface area contributed by atoms with Gasteiger partial charge in [0.25, 0.3) is 23.6 Å². The summed E-state index contributed by atoms with van der Waals surface area (Å²) in [5, 5.41) is 0. The second kappa shape index (κ2) is 9.45. The first kappa shape index (κ1) is 26.0. The molecule has 0 aromatic heterocycles. The van der Waals surface area contributed by atoms with Crippen molar-refractivity contribution in [3.63, 3.8) is 0 Å². The summed E-state index contributed by atoms with van der Waals surface area (Å²) in [5.41, 5.74) is 3.25. The van der Waals surface area contributed by atoms with Crippen molar-refractivity contribution in [2.45, 2.75) is 19.3 Å². The van der Waals surface area contributed by atoms with E-state index >= 15 is 0 Å². The van der Waals surface area contributed by atoms with Crippen LogP contribution in [0.1, 0.15) is 66.4 Å². The molecule has 0 radical (unpaired) electrons. The summed E-state index contributed by atoms with van der Waals surface area (Å²) in [4.78, 5) is 51.1. The summed E-state index contributed by atoms with van der Waals surface area (Å²) in [7, 11) is 2.93. The minimum absolute atomic E-state index is 0.312. The molecule has 41 heavy (non-hydrogen) atoms. The maximum atomic E-state index is 12.3. The Hall–Kier alpha value is -5.24. The van der Waals surface area contributed by atoms with E-state index in [0.29, 0.717) is 45.3 Å². The van der Waals surface area contributed by atoms with Gasteiger partial charge < -0.3 is 9.47 Å². The van der Waals surface area contributed by atoms with Crippen molar-refractivity contribution < 1.29 is 28.7 Å². The van der Waals surface area contributed by atoms with Crippen LogP contribution in [0.4, 0.5) is 0 Å². The number of fused-ring (bicyclic) bond motifs is 2. The fourth-order valence-corrected chi connectivity index (χ4v) is 5.13. The Kier molecular flexibility index (Phi) is 5.99. The van der Waals surface area contributed by atoms with Crippen molar-refractivity contribution in [1.29, 1.82) is 0 Å². The van der Waals surface area contributed by atoms with E-state index in [2.05, 4.69) is 13.8 Å². The minimum atomic E-state index is -0.337. The second-order valence-electron chi connectivity index (χ2n) is 10.6. The van der Waals surface area contributed by atoms with Crippen molar-refractivity contribution in [3.05, 3.63) is 118 Å². The molecule has 4 aromatic rings. The molecule has 0 spiro atoms. The van der Waals surface area contributed by atoms with Gasteiger partial charge in [0, 0.05) is 19.5 Å². The Morgan fingerprint density at radius 2 is 0.780 bits per heavy atom. The van der Waals surface area contributed by atoms with E-state index in [0.717, 1.165) is 20.9 Å². The van der Waals surface area contributed by atoms with Crippen LogP contribution in [0, 0.1) is 0 Å². The molecule has 4 aromatic carbocycles. The van der Waals surface area contributed by atoms with Gasteiger partial charge in [-0.25, -0.2) is 0 Å². The third kappa shape index (κ3) is 4.34. The highest BCUT2D eigenvalue weighted by molar-refractivity contribution is 6.22. The van der Waals surface area contributed by atoms with Gasteiger partial charge in [-0.2, -0.15) is 0 Å². The average molecular weight is 547 g/mol. The molecular weight excluding hydrogens is 520 g/mol. The lowest BCUT2D eigenvalue weighted by atomic mass is 9.78. The molecule has 204 valence electrons. The van der Waals surface area contributed by atoms with Gasteiger partial charge >= 0.3 is 0 Å². The Balaban J connectivity index is 1.15. The summed E-state index contributed by atoms with van der Waals surface area (Å²) in [6.45, 7) is 4.25. The van der Waals surface area contributed by atoms with Gasteiger partial charge in [-0.05, 0) is 71.8 Å². The number of benzene rings is 4. The Morgan fingerprint density at radius 3 is 1.15 bits per heavy atom. The molecule has 6 rings (SSSR count). The van der Waals surface area contributed by atoms with Gasteiger partial charge in [-0.3, -0.25) is 29.0 Å². The van der Waals surface area contributed by atoms with Gasteiger partial charge in [0.15, 0.2) is 0 Å². The molecule has 2 aliphatic rings. The van der Waals surface area contributed by atoms with Crippen LogP contribution in [0.15, 0.2) is 84.9 Å². The number of carbonyl (C=O) groups excluding carboxylic acids is 4. The SMILES string of the molecule is CN1C(=O)c2ccc(Oc3ccc(C(C)(C)c4ccc(Oc5ccc6c(c5)C(=O)N(C)C6=O)cc4)cc3)cc2C1=O. The maximum Gasteiger partial charge on any atom is 0.261 e. The Labute approximate surface area is 236 Å². The topological polar surface area (TPSA) is 93.2 Å². The van der Waals surface area contributed by atoms with Crippen LogP contribution >= 0.6 is 0 Å². The molecule has 0 bridgehead atoms. The first-order valence-corrected chi connectivity index (χ1v) is 13.0. The van der Waals surface area contributed by atoms with E-state index in [1.807, 2.05) is 48.5 Å². The second-order valence-corrected chi connectivity index (χ2v) is 10.6. The van der Waals surface area contributed by atoms with Crippen LogP contribution in [0.3, 0.4) is 0 Å². The van der Waals surface area contributed by atoms with Gasteiger partial charge in [0.05, 0.1) is 22.3 Å². The lowest BCUT2D eigenvalue weighted by Crippen LogP contribution is -2.24. The summed E-state index contributed by atoms with van der Waals surface area (Å²) < 4.78 is 11.9. The zero-order valence-electron chi connectivity index (χ0n) is 22.9. The van der Waals surface area contributed by atoms with Crippen molar-refractivity contribution in [2.75, 3.05) is 14.1 Å². The number of rotatable bonds is 6. The fraction of sp³-hybridized carbons (Fsp3) is 0.152. The molecule has 8 heteroatoms. The van der Waals surface area contributed by atoms with Crippen LogP contribution in [0.5, 0.6) is 23.0 Å². The van der Waals surface area contributed by atoms with Crippen molar-refractivity contribution in [1.82, 2.24) is 9.80 Å². The first-order valence-electron chi connectivity index (χ1n) is 13.0. The number of hydrogen-bond donors (Lipinski definition) is 0. The quantitative estimate of drug-likeness (QED) is 0.274. The molecule has 0 atom stereocenters. The molecule has 0 saturated carbocycles. The smallest absolute Gasteiger partial charge is 0.261 e. The number of hydrogen-bond acceptors (Lipinski definition) is 6. The number of nitrogens with zero attached hydrogens (tertiary/aromatic N) is 2. The first-order chi connectivity index (χ1) is 19.5. The third-order valence-corrected chi connectivity index (χ3v) is 7.75. The van der Waals surface area contributed by atoms with E-state index in [9.17, 15) is 19.2 Å². The van der Waals surface area contributed by atoms with Gasteiger partial charge in [-0.1, -0.05) is 38.1 Å². The lowest BCUT2D eigenvalue weighted by molar-refractivity contribution is 0.0677. The maximum absolute atomic E-state index is 12.3. The highest BCUT2D eigenvalue weighted by Crippen LogP contribution is 2.36. The zero-order chi connectivity index (χ0) is 29.1. The van der Waals surface area contributed by atoms with Crippen LogP contribution < -0.4 is 9.47 Å². The normalized spacial score (nSPS) is 14.4. The van der Waals surface area contributed by atoms with Crippen LogP contribution in [0.2, 0.25) is 0 Å². The van der Waals surface area contributed by atoms with Crippen molar-refractivity contribution in [3.8, 4) is 23.0 Å².